The van der Waals surface area contributed by atoms with Crippen molar-refractivity contribution in [2.75, 3.05) is 13.2 Å². The number of hydrogen-bond acceptors (Lipinski definition) is 5. The van der Waals surface area contributed by atoms with Crippen LogP contribution in [0.2, 0.25) is 0 Å². The minimum Gasteiger partial charge on any atom is -0.466 e. The summed E-state index contributed by atoms with van der Waals surface area (Å²) < 4.78 is 9.33. The molecule has 86 valence electrons. The van der Waals surface area contributed by atoms with Crippen LogP contribution in [-0.4, -0.2) is 30.9 Å². The Morgan fingerprint density at radius 3 is 2.00 bits per heavy atom. The molecule has 0 aliphatic rings. The Kier molecular flexibility index (Phi) is 6.33. The number of ether oxygens (including phenoxy) is 2. The molecule has 5 nitrogen and oxygen atoms in total. The maximum Gasteiger partial charge on any atom is 0.317 e. The number of Topliss-reactive ketones (excluding diaryl/α,β-unsaturated/α-hetero) is 1. The van der Waals surface area contributed by atoms with Crippen LogP contribution in [0.4, 0.5) is 0 Å². The minimum absolute atomic E-state index is 0.186. The molecule has 0 amide bonds. The lowest BCUT2D eigenvalue weighted by Crippen LogP contribution is -2.27. The van der Waals surface area contributed by atoms with Gasteiger partial charge in [-0.15, -0.1) is 0 Å². The van der Waals surface area contributed by atoms with Gasteiger partial charge in [0.1, 0.15) is 11.7 Å². The quantitative estimate of drug-likeness (QED) is 0.483. The number of carbonyl (C=O) groups excluding carboxylic acids is 3. The average Bonchev–Trinajstić information content (AvgIpc) is 2.14. The second-order valence-electron chi connectivity index (χ2n) is 2.92. The van der Waals surface area contributed by atoms with E-state index in [1.807, 2.05) is 0 Å². The van der Waals surface area contributed by atoms with Crippen LogP contribution in [-0.2, 0) is 23.9 Å². The lowest BCUT2D eigenvalue weighted by Gasteiger charge is -2.11. The number of carbonyl (C=O) groups is 3. The molecular formula is C10H16O5. The largest absolute Gasteiger partial charge is 0.466 e. The van der Waals surface area contributed by atoms with Crippen molar-refractivity contribution in [3.8, 4) is 0 Å². The fourth-order valence-corrected chi connectivity index (χ4v) is 1.02. The molecule has 0 aromatic carbocycles. The zero-order chi connectivity index (χ0) is 11.8. The van der Waals surface area contributed by atoms with Gasteiger partial charge in [0.25, 0.3) is 0 Å². The van der Waals surface area contributed by atoms with Crippen LogP contribution < -0.4 is 0 Å². The van der Waals surface area contributed by atoms with E-state index in [-0.39, 0.29) is 25.4 Å². The number of hydrogen-bond donors (Lipinski definition) is 0. The SMILES string of the molecule is CCOC(=O)C[C@@H](C(C)=O)C(=O)OCC. The normalized spacial score (nSPS) is 11.7. The van der Waals surface area contributed by atoms with Crippen LogP contribution in [0.1, 0.15) is 27.2 Å². The molecule has 0 aliphatic heterocycles. The molecule has 0 aromatic heterocycles. The standard InChI is InChI=1S/C10H16O5/c1-4-14-9(12)6-8(7(3)11)10(13)15-5-2/h8H,4-6H2,1-3H3/t8-/m0/s1. The number of esters is 2. The van der Waals surface area contributed by atoms with E-state index in [9.17, 15) is 14.4 Å². The van der Waals surface area contributed by atoms with Crippen LogP contribution in [0.15, 0.2) is 0 Å². The third-order valence-electron chi connectivity index (χ3n) is 1.74. The van der Waals surface area contributed by atoms with Crippen LogP contribution in [0.25, 0.3) is 0 Å². The maximum atomic E-state index is 11.3. The van der Waals surface area contributed by atoms with Gasteiger partial charge in [0, 0.05) is 0 Å². The van der Waals surface area contributed by atoms with E-state index in [2.05, 4.69) is 9.47 Å². The maximum absolute atomic E-state index is 11.3. The van der Waals surface area contributed by atoms with Crippen molar-refractivity contribution in [2.24, 2.45) is 5.92 Å². The van der Waals surface area contributed by atoms with Gasteiger partial charge in [-0.2, -0.15) is 0 Å². The molecular weight excluding hydrogens is 200 g/mol. The van der Waals surface area contributed by atoms with Crippen molar-refractivity contribution in [1.29, 1.82) is 0 Å². The third kappa shape index (κ3) is 5.15. The predicted molar refractivity (Wildman–Crippen MR) is 52.1 cm³/mol. The van der Waals surface area contributed by atoms with Gasteiger partial charge in [0.2, 0.25) is 0 Å². The Labute approximate surface area is 88.7 Å². The molecule has 1 atom stereocenters. The molecule has 15 heavy (non-hydrogen) atoms. The molecule has 0 saturated heterocycles. The van der Waals surface area contributed by atoms with E-state index in [4.69, 9.17) is 0 Å². The number of rotatable bonds is 6. The summed E-state index contributed by atoms with van der Waals surface area (Å²) in [4.78, 5) is 33.4. The Morgan fingerprint density at radius 1 is 1.07 bits per heavy atom. The summed E-state index contributed by atoms with van der Waals surface area (Å²) in [7, 11) is 0. The van der Waals surface area contributed by atoms with Crippen molar-refractivity contribution in [3.63, 3.8) is 0 Å². The van der Waals surface area contributed by atoms with E-state index in [1.165, 1.54) is 6.92 Å². The highest BCUT2D eigenvalue weighted by atomic mass is 16.5. The van der Waals surface area contributed by atoms with Crippen molar-refractivity contribution >= 4 is 17.7 Å². The van der Waals surface area contributed by atoms with Crippen molar-refractivity contribution in [1.82, 2.24) is 0 Å². The minimum atomic E-state index is -1.04. The van der Waals surface area contributed by atoms with Gasteiger partial charge in [-0.3, -0.25) is 14.4 Å². The predicted octanol–water partition coefficient (Wildman–Crippen LogP) is 0.708. The summed E-state index contributed by atoms with van der Waals surface area (Å²) in [5, 5.41) is 0. The molecule has 0 radical (unpaired) electrons. The first-order chi connectivity index (χ1) is 7.02. The van der Waals surface area contributed by atoms with E-state index >= 15 is 0 Å². The number of ketones is 1. The summed E-state index contributed by atoms with van der Waals surface area (Å²) >= 11 is 0. The van der Waals surface area contributed by atoms with Gasteiger partial charge in [0.15, 0.2) is 0 Å². The van der Waals surface area contributed by atoms with Gasteiger partial charge < -0.3 is 9.47 Å². The monoisotopic (exact) mass is 216 g/mol. The topological polar surface area (TPSA) is 69.7 Å². The van der Waals surface area contributed by atoms with Crippen molar-refractivity contribution in [3.05, 3.63) is 0 Å². The highest BCUT2D eigenvalue weighted by Gasteiger charge is 2.28. The Bertz CT molecular complexity index is 246. The molecule has 0 aromatic rings. The van der Waals surface area contributed by atoms with Gasteiger partial charge in [-0.25, -0.2) is 0 Å². The van der Waals surface area contributed by atoms with E-state index in [1.54, 1.807) is 13.8 Å². The molecule has 0 saturated carbocycles. The van der Waals surface area contributed by atoms with Crippen LogP contribution in [0, 0.1) is 5.92 Å². The smallest absolute Gasteiger partial charge is 0.317 e. The molecule has 0 heterocycles. The zero-order valence-corrected chi connectivity index (χ0v) is 9.24. The van der Waals surface area contributed by atoms with Crippen LogP contribution >= 0.6 is 0 Å². The molecule has 0 rings (SSSR count). The first-order valence-electron chi connectivity index (χ1n) is 4.85. The van der Waals surface area contributed by atoms with E-state index in [0.717, 1.165) is 0 Å². The first-order valence-corrected chi connectivity index (χ1v) is 4.85. The highest BCUT2D eigenvalue weighted by molar-refractivity contribution is 6.00. The fourth-order valence-electron chi connectivity index (χ4n) is 1.02. The second kappa shape index (κ2) is 6.98. The van der Waals surface area contributed by atoms with Gasteiger partial charge >= 0.3 is 11.9 Å². The molecule has 0 N–H and O–H groups in total. The summed E-state index contributed by atoms with van der Waals surface area (Å²) in [5.74, 6) is -2.66. The van der Waals surface area contributed by atoms with Crippen LogP contribution in [0.3, 0.4) is 0 Å². The first kappa shape index (κ1) is 13.6. The molecule has 5 heteroatoms. The second-order valence-corrected chi connectivity index (χ2v) is 2.92. The van der Waals surface area contributed by atoms with E-state index in [0.29, 0.717) is 0 Å². The molecule has 0 spiro atoms. The average molecular weight is 216 g/mol. The summed E-state index contributed by atoms with van der Waals surface area (Å²) in [6.07, 6.45) is -0.248. The Morgan fingerprint density at radius 2 is 1.60 bits per heavy atom. The zero-order valence-electron chi connectivity index (χ0n) is 9.24. The van der Waals surface area contributed by atoms with Crippen molar-refractivity contribution in [2.45, 2.75) is 27.2 Å². The van der Waals surface area contributed by atoms with Crippen molar-refractivity contribution < 1.29 is 23.9 Å². The highest BCUT2D eigenvalue weighted by Crippen LogP contribution is 2.08. The van der Waals surface area contributed by atoms with Crippen LogP contribution in [0.5, 0.6) is 0 Å². The Hall–Kier alpha value is -1.39. The van der Waals surface area contributed by atoms with E-state index < -0.39 is 17.9 Å². The molecule has 0 fully saturated rings. The summed E-state index contributed by atoms with van der Waals surface area (Å²) in [6, 6.07) is 0. The lowest BCUT2D eigenvalue weighted by molar-refractivity contribution is -0.157. The fraction of sp³-hybridized carbons (Fsp3) is 0.700. The molecule has 0 bridgehead atoms. The molecule has 0 aliphatic carbocycles. The van der Waals surface area contributed by atoms with Gasteiger partial charge in [-0.1, -0.05) is 0 Å². The summed E-state index contributed by atoms with van der Waals surface area (Å²) in [5.41, 5.74) is 0. The Balaban J connectivity index is 4.34. The third-order valence-corrected chi connectivity index (χ3v) is 1.74. The molecule has 0 unspecified atom stereocenters. The van der Waals surface area contributed by atoms with Gasteiger partial charge in [-0.05, 0) is 20.8 Å². The lowest BCUT2D eigenvalue weighted by atomic mass is 10.0. The van der Waals surface area contributed by atoms with Gasteiger partial charge in [0.05, 0.1) is 19.6 Å². The summed E-state index contributed by atoms with van der Waals surface area (Å²) in [6.45, 7) is 4.96.